The number of hydrogen-bond acceptors (Lipinski definition) is 2. The van der Waals surface area contributed by atoms with Gasteiger partial charge >= 0.3 is 6.09 Å². The van der Waals surface area contributed by atoms with Gasteiger partial charge in [0.25, 0.3) is 0 Å². The van der Waals surface area contributed by atoms with E-state index in [4.69, 9.17) is 4.74 Å². The predicted molar refractivity (Wildman–Crippen MR) is 79.6 cm³/mol. The molecule has 2 heterocycles. The van der Waals surface area contributed by atoms with Crippen molar-refractivity contribution in [2.45, 2.75) is 58.1 Å². The van der Waals surface area contributed by atoms with Crippen LogP contribution < -0.4 is 0 Å². The van der Waals surface area contributed by atoms with Gasteiger partial charge in [-0.3, -0.25) is 4.90 Å². The number of amides is 1. The third kappa shape index (κ3) is 3.56. The van der Waals surface area contributed by atoms with E-state index in [2.05, 4.69) is 10.6 Å². The van der Waals surface area contributed by atoms with Gasteiger partial charge in [-0.1, -0.05) is 12.8 Å². The molecule has 0 N–H and O–H groups in total. The van der Waals surface area contributed by atoms with E-state index < -0.39 is 5.60 Å². The van der Waals surface area contributed by atoms with Gasteiger partial charge in [0.1, 0.15) is 5.60 Å². The lowest BCUT2D eigenvalue weighted by Crippen LogP contribution is -2.39. The fourth-order valence-electron chi connectivity index (χ4n) is 2.78. The first kappa shape index (κ1) is 14.9. The van der Waals surface area contributed by atoms with Gasteiger partial charge in [0.2, 0.25) is 0 Å². The summed E-state index contributed by atoms with van der Waals surface area (Å²) in [5.74, 6) is 0. The largest absolute Gasteiger partial charge is 0.444 e. The minimum absolute atomic E-state index is 0.132. The average molecular weight is 278 g/mol. The molecule has 1 aromatic heterocycles. The summed E-state index contributed by atoms with van der Waals surface area (Å²) in [5.41, 5.74) is 0.750. The van der Waals surface area contributed by atoms with Crippen molar-refractivity contribution >= 4 is 6.09 Å². The summed E-state index contributed by atoms with van der Waals surface area (Å²) in [7, 11) is 2.04. The van der Waals surface area contributed by atoms with Crippen molar-refractivity contribution in [2.75, 3.05) is 6.54 Å². The quantitative estimate of drug-likeness (QED) is 0.781. The smallest absolute Gasteiger partial charge is 0.410 e. The summed E-state index contributed by atoms with van der Waals surface area (Å²) in [6.07, 6.45) is 6.26. The maximum atomic E-state index is 12.5. The minimum Gasteiger partial charge on any atom is -0.444 e. The SMILES string of the molecule is Cn1cccc1C1CCCCCN1C(=O)OC(C)(C)C. The van der Waals surface area contributed by atoms with Crippen molar-refractivity contribution in [3.05, 3.63) is 24.0 Å². The van der Waals surface area contributed by atoms with E-state index in [1.54, 1.807) is 0 Å². The molecule has 1 aromatic rings. The van der Waals surface area contributed by atoms with Gasteiger partial charge in [-0.05, 0) is 45.7 Å². The number of nitrogens with zero attached hydrogens (tertiary/aromatic N) is 2. The predicted octanol–water partition coefficient (Wildman–Crippen LogP) is 3.88. The zero-order chi connectivity index (χ0) is 14.8. The van der Waals surface area contributed by atoms with E-state index in [1.165, 1.54) is 12.1 Å². The minimum atomic E-state index is -0.442. The highest BCUT2D eigenvalue weighted by Gasteiger charge is 2.31. The molecule has 1 saturated heterocycles. The fourth-order valence-corrected chi connectivity index (χ4v) is 2.78. The zero-order valence-corrected chi connectivity index (χ0v) is 13.1. The molecule has 0 aromatic carbocycles. The lowest BCUT2D eigenvalue weighted by molar-refractivity contribution is 0.0157. The number of aryl methyl sites for hydroxylation is 1. The molecule has 1 aliphatic heterocycles. The molecule has 0 saturated carbocycles. The number of rotatable bonds is 1. The molecular weight excluding hydrogens is 252 g/mol. The van der Waals surface area contributed by atoms with Crippen LogP contribution in [0.3, 0.4) is 0 Å². The summed E-state index contributed by atoms with van der Waals surface area (Å²) in [4.78, 5) is 14.4. The first-order valence-corrected chi connectivity index (χ1v) is 7.49. The molecule has 0 bridgehead atoms. The van der Waals surface area contributed by atoms with E-state index in [0.29, 0.717) is 0 Å². The Labute approximate surface area is 121 Å². The number of carbonyl (C=O) groups is 1. The van der Waals surface area contributed by atoms with Crippen LogP contribution in [0.2, 0.25) is 0 Å². The fraction of sp³-hybridized carbons (Fsp3) is 0.688. The molecule has 20 heavy (non-hydrogen) atoms. The van der Waals surface area contributed by atoms with Crippen LogP contribution in [0.1, 0.15) is 58.2 Å². The van der Waals surface area contributed by atoms with Crippen LogP contribution in [0.5, 0.6) is 0 Å². The lowest BCUT2D eigenvalue weighted by Gasteiger charge is -2.32. The normalized spacial score (nSPS) is 20.6. The van der Waals surface area contributed by atoms with Crippen LogP contribution in [0.4, 0.5) is 4.79 Å². The third-order valence-corrected chi connectivity index (χ3v) is 3.71. The first-order valence-electron chi connectivity index (χ1n) is 7.49. The third-order valence-electron chi connectivity index (χ3n) is 3.71. The Hall–Kier alpha value is -1.45. The Balaban J connectivity index is 2.22. The van der Waals surface area contributed by atoms with Crippen LogP contribution in [0.25, 0.3) is 0 Å². The Morgan fingerprint density at radius 1 is 1.30 bits per heavy atom. The number of likely N-dealkylation sites (tertiary alicyclic amines) is 1. The Morgan fingerprint density at radius 2 is 2.05 bits per heavy atom. The molecule has 0 spiro atoms. The molecular formula is C16H26N2O2. The van der Waals surface area contributed by atoms with Gasteiger partial charge in [0.05, 0.1) is 6.04 Å². The van der Waals surface area contributed by atoms with Crippen molar-refractivity contribution in [3.8, 4) is 0 Å². The van der Waals surface area contributed by atoms with E-state index in [1.807, 2.05) is 45.0 Å². The second-order valence-corrected chi connectivity index (χ2v) is 6.58. The van der Waals surface area contributed by atoms with Crippen LogP contribution in [0.15, 0.2) is 18.3 Å². The van der Waals surface area contributed by atoms with E-state index in [-0.39, 0.29) is 12.1 Å². The highest BCUT2D eigenvalue weighted by Crippen LogP contribution is 2.31. The molecule has 2 rings (SSSR count). The highest BCUT2D eigenvalue weighted by atomic mass is 16.6. The van der Waals surface area contributed by atoms with Crippen molar-refractivity contribution < 1.29 is 9.53 Å². The summed E-state index contributed by atoms with van der Waals surface area (Å²) < 4.78 is 7.68. The monoisotopic (exact) mass is 278 g/mol. The van der Waals surface area contributed by atoms with Crippen molar-refractivity contribution in [2.24, 2.45) is 7.05 Å². The van der Waals surface area contributed by atoms with Crippen LogP contribution in [0, 0.1) is 0 Å². The van der Waals surface area contributed by atoms with Crippen molar-refractivity contribution in [3.63, 3.8) is 0 Å². The maximum absolute atomic E-state index is 12.5. The molecule has 4 heteroatoms. The summed E-state index contributed by atoms with van der Waals surface area (Å²) in [6.45, 7) is 6.53. The van der Waals surface area contributed by atoms with E-state index in [9.17, 15) is 4.79 Å². The molecule has 1 atom stereocenters. The van der Waals surface area contributed by atoms with Gasteiger partial charge in [-0.25, -0.2) is 4.79 Å². The number of aromatic nitrogens is 1. The van der Waals surface area contributed by atoms with Crippen LogP contribution >= 0.6 is 0 Å². The molecule has 1 fully saturated rings. The molecule has 4 nitrogen and oxygen atoms in total. The standard InChI is InChI=1S/C16H26N2O2/c1-16(2,3)20-15(19)18-12-7-5-6-9-14(18)13-10-8-11-17(13)4/h8,10-11,14H,5-7,9,12H2,1-4H3. The zero-order valence-electron chi connectivity index (χ0n) is 13.1. The molecule has 1 unspecified atom stereocenters. The number of hydrogen-bond donors (Lipinski definition) is 0. The van der Waals surface area contributed by atoms with Gasteiger partial charge in [-0.2, -0.15) is 0 Å². The molecule has 0 radical (unpaired) electrons. The lowest BCUT2D eigenvalue weighted by atomic mass is 10.1. The van der Waals surface area contributed by atoms with Gasteiger partial charge in [-0.15, -0.1) is 0 Å². The second-order valence-electron chi connectivity index (χ2n) is 6.58. The molecule has 0 aliphatic carbocycles. The highest BCUT2D eigenvalue weighted by molar-refractivity contribution is 5.68. The number of carbonyl (C=O) groups excluding carboxylic acids is 1. The molecule has 1 aliphatic rings. The number of ether oxygens (including phenoxy) is 1. The van der Waals surface area contributed by atoms with Crippen LogP contribution in [-0.2, 0) is 11.8 Å². The van der Waals surface area contributed by atoms with Crippen molar-refractivity contribution in [1.29, 1.82) is 0 Å². The van der Waals surface area contributed by atoms with E-state index in [0.717, 1.165) is 25.8 Å². The Kier molecular flexibility index (Phi) is 4.41. The van der Waals surface area contributed by atoms with E-state index >= 15 is 0 Å². The Morgan fingerprint density at radius 3 is 2.65 bits per heavy atom. The van der Waals surface area contributed by atoms with Gasteiger partial charge in [0, 0.05) is 25.5 Å². The summed E-state index contributed by atoms with van der Waals surface area (Å²) in [6, 6.07) is 4.27. The van der Waals surface area contributed by atoms with Gasteiger partial charge in [0.15, 0.2) is 0 Å². The summed E-state index contributed by atoms with van der Waals surface area (Å²) in [5, 5.41) is 0. The average Bonchev–Trinajstić information content (AvgIpc) is 2.62. The Bertz CT molecular complexity index is 459. The summed E-state index contributed by atoms with van der Waals surface area (Å²) >= 11 is 0. The topological polar surface area (TPSA) is 34.5 Å². The van der Waals surface area contributed by atoms with Gasteiger partial charge < -0.3 is 9.30 Å². The van der Waals surface area contributed by atoms with Crippen molar-refractivity contribution in [1.82, 2.24) is 9.47 Å². The first-order chi connectivity index (χ1) is 9.38. The maximum Gasteiger partial charge on any atom is 0.410 e. The second kappa shape index (κ2) is 5.90. The molecule has 1 amide bonds. The molecule has 112 valence electrons. The van der Waals surface area contributed by atoms with Crippen LogP contribution in [-0.4, -0.2) is 27.7 Å².